The van der Waals surface area contributed by atoms with E-state index in [0.29, 0.717) is 5.56 Å². The highest BCUT2D eigenvalue weighted by Gasteiger charge is 2.32. The number of carbonyl (C=O) groups is 1. The number of hydrogen-bond donors (Lipinski definition) is 1. The summed E-state index contributed by atoms with van der Waals surface area (Å²) in [7, 11) is 0. The fourth-order valence-corrected chi connectivity index (χ4v) is 5.36. The lowest BCUT2D eigenvalue weighted by atomic mass is 9.78. The Morgan fingerprint density at radius 3 is 2.27 bits per heavy atom. The Hall–Kier alpha value is -1.66. The summed E-state index contributed by atoms with van der Waals surface area (Å²) >= 11 is 1.80. The topological polar surface area (TPSA) is 49.8 Å². The summed E-state index contributed by atoms with van der Waals surface area (Å²) in [6, 6.07) is 16.3. The zero-order chi connectivity index (χ0) is 23.7. The van der Waals surface area contributed by atoms with Gasteiger partial charge in [0.05, 0.1) is 18.8 Å². The lowest BCUT2D eigenvalue weighted by Crippen LogP contribution is -2.51. The van der Waals surface area contributed by atoms with Crippen molar-refractivity contribution in [2.45, 2.75) is 68.4 Å². The van der Waals surface area contributed by atoms with Crippen molar-refractivity contribution >= 4 is 18.0 Å². The Kier molecular flexibility index (Phi) is 9.57. The molecule has 2 fully saturated rings. The molecule has 1 N–H and O–H groups in total. The molecule has 1 aliphatic heterocycles. The molecule has 0 amide bonds. The first-order valence-electron chi connectivity index (χ1n) is 12.1. The third-order valence-corrected chi connectivity index (χ3v) is 7.68. The molecule has 4 nitrogen and oxygen atoms in total. The predicted octanol–water partition coefficient (Wildman–Crippen LogP) is 5.71. The van der Waals surface area contributed by atoms with Gasteiger partial charge in [0.2, 0.25) is 0 Å². The van der Waals surface area contributed by atoms with Gasteiger partial charge in [-0.1, -0.05) is 55.7 Å². The molecule has 0 unspecified atom stereocenters. The zero-order valence-electron chi connectivity index (χ0n) is 20.4. The Balaban J connectivity index is 0.000000189. The second kappa shape index (κ2) is 12.2. The van der Waals surface area contributed by atoms with E-state index >= 15 is 0 Å². The molecule has 4 rings (SSSR count). The Bertz CT molecular complexity index is 869. The van der Waals surface area contributed by atoms with Crippen LogP contribution in [0.5, 0.6) is 0 Å². The SMILES string of the molecule is CSc1ccc(CC(C)(C)N2CCOCC2)cc1.O=Cc1ccccc1C1(O)CCCCC1. The van der Waals surface area contributed by atoms with Gasteiger partial charge in [-0.2, -0.15) is 0 Å². The van der Waals surface area contributed by atoms with Crippen molar-refractivity contribution < 1.29 is 14.6 Å². The number of benzene rings is 2. The molecule has 0 atom stereocenters. The maximum Gasteiger partial charge on any atom is 0.150 e. The summed E-state index contributed by atoms with van der Waals surface area (Å²) in [5.41, 5.74) is 2.30. The highest BCUT2D eigenvalue weighted by atomic mass is 32.2. The molecule has 0 spiro atoms. The minimum atomic E-state index is -0.768. The van der Waals surface area contributed by atoms with Crippen molar-refractivity contribution in [3.05, 3.63) is 65.2 Å². The molecule has 0 bridgehead atoms. The van der Waals surface area contributed by atoms with E-state index in [0.717, 1.165) is 70.3 Å². The summed E-state index contributed by atoms with van der Waals surface area (Å²) in [6.07, 6.45) is 8.88. The average molecular weight is 470 g/mol. The number of ether oxygens (including phenoxy) is 1. The van der Waals surface area contributed by atoms with Crippen LogP contribution in [0.25, 0.3) is 0 Å². The van der Waals surface area contributed by atoms with Crippen LogP contribution in [-0.2, 0) is 16.8 Å². The van der Waals surface area contributed by atoms with Crippen LogP contribution in [0.1, 0.15) is 67.4 Å². The van der Waals surface area contributed by atoms with Gasteiger partial charge in [-0.3, -0.25) is 9.69 Å². The summed E-state index contributed by atoms with van der Waals surface area (Å²) in [5, 5.41) is 10.5. The van der Waals surface area contributed by atoms with Crippen molar-refractivity contribution in [2.24, 2.45) is 0 Å². The summed E-state index contributed by atoms with van der Waals surface area (Å²) in [4.78, 5) is 14.8. The van der Waals surface area contributed by atoms with Crippen LogP contribution in [0, 0.1) is 0 Å². The number of rotatable bonds is 6. The predicted molar refractivity (Wildman–Crippen MR) is 137 cm³/mol. The number of carbonyl (C=O) groups excluding carboxylic acids is 1. The van der Waals surface area contributed by atoms with Crippen molar-refractivity contribution in [2.75, 3.05) is 32.6 Å². The molecule has 0 aromatic heterocycles. The number of morpholine rings is 1. The monoisotopic (exact) mass is 469 g/mol. The molecule has 180 valence electrons. The van der Waals surface area contributed by atoms with E-state index in [1.165, 1.54) is 16.9 Å². The first kappa shape index (κ1) is 26.0. The highest BCUT2D eigenvalue weighted by Crippen LogP contribution is 2.38. The van der Waals surface area contributed by atoms with Gasteiger partial charge in [0.1, 0.15) is 6.29 Å². The molecule has 1 heterocycles. The van der Waals surface area contributed by atoms with Crippen LogP contribution >= 0.6 is 11.8 Å². The summed E-state index contributed by atoms with van der Waals surface area (Å²) in [6.45, 7) is 8.51. The zero-order valence-corrected chi connectivity index (χ0v) is 21.2. The number of hydrogen-bond acceptors (Lipinski definition) is 5. The number of aliphatic hydroxyl groups is 1. The fraction of sp³-hybridized carbons (Fsp3) is 0.536. The maximum atomic E-state index is 10.9. The molecule has 1 aliphatic carbocycles. The van der Waals surface area contributed by atoms with Gasteiger partial charge in [-0.05, 0) is 62.6 Å². The molecule has 1 saturated heterocycles. The number of aldehydes is 1. The van der Waals surface area contributed by atoms with Crippen molar-refractivity contribution in [3.63, 3.8) is 0 Å². The number of nitrogens with zero attached hydrogens (tertiary/aromatic N) is 1. The van der Waals surface area contributed by atoms with Gasteiger partial charge in [0.15, 0.2) is 0 Å². The molecule has 5 heteroatoms. The summed E-state index contributed by atoms with van der Waals surface area (Å²) in [5.74, 6) is 0. The molecule has 2 aliphatic rings. The van der Waals surface area contributed by atoms with E-state index in [1.54, 1.807) is 17.8 Å². The minimum Gasteiger partial charge on any atom is -0.385 e. The Morgan fingerprint density at radius 2 is 1.67 bits per heavy atom. The molecule has 2 aromatic rings. The van der Waals surface area contributed by atoms with Gasteiger partial charge in [-0.15, -0.1) is 11.8 Å². The quantitative estimate of drug-likeness (QED) is 0.434. The van der Waals surface area contributed by atoms with E-state index < -0.39 is 5.60 Å². The number of thioether (sulfide) groups is 1. The van der Waals surface area contributed by atoms with E-state index in [4.69, 9.17) is 4.74 Å². The molecular weight excluding hydrogens is 430 g/mol. The van der Waals surface area contributed by atoms with Gasteiger partial charge >= 0.3 is 0 Å². The minimum absolute atomic E-state index is 0.213. The van der Waals surface area contributed by atoms with Crippen LogP contribution in [-0.4, -0.2) is 54.4 Å². The Labute approximate surface area is 203 Å². The molecule has 0 radical (unpaired) electrons. The van der Waals surface area contributed by atoms with Gasteiger partial charge in [-0.25, -0.2) is 0 Å². The smallest absolute Gasteiger partial charge is 0.150 e. The van der Waals surface area contributed by atoms with Gasteiger partial charge in [0, 0.05) is 29.1 Å². The van der Waals surface area contributed by atoms with Gasteiger partial charge in [0.25, 0.3) is 0 Å². The van der Waals surface area contributed by atoms with Crippen LogP contribution in [0.3, 0.4) is 0 Å². The van der Waals surface area contributed by atoms with Crippen molar-refractivity contribution in [1.82, 2.24) is 4.90 Å². The largest absolute Gasteiger partial charge is 0.385 e. The van der Waals surface area contributed by atoms with Gasteiger partial charge < -0.3 is 9.84 Å². The van der Waals surface area contributed by atoms with Crippen LogP contribution < -0.4 is 0 Å². The molecule has 33 heavy (non-hydrogen) atoms. The highest BCUT2D eigenvalue weighted by molar-refractivity contribution is 7.98. The third-order valence-electron chi connectivity index (χ3n) is 6.93. The first-order chi connectivity index (χ1) is 15.9. The standard InChI is InChI=1S/C15H23NOS.C13H16O2/c1-15(2,16-8-10-17-11-9-16)12-13-4-6-14(18-3)7-5-13;14-10-11-6-2-3-7-12(11)13(15)8-4-1-5-9-13/h4-7H,8-12H2,1-3H3;2-3,6-7,10,15H,1,4-5,8-9H2. The van der Waals surface area contributed by atoms with E-state index in [9.17, 15) is 9.90 Å². The third kappa shape index (κ3) is 7.16. The fourth-order valence-electron chi connectivity index (χ4n) is 4.95. The molecule has 2 aromatic carbocycles. The lowest BCUT2D eigenvalue weighted by molar-refractivity contribution is -0.00984. The summed E-state index contributed by atoms with van der Waals surface area (Å²) < 4.78 is 5.43. The lowest BCUT2D eigenvalue weighted by Gasteiger charge is -2.41. The second-order valence-electron chi connectivity index (χ2n) is 9.73. The van der Waals surface area contributed by atoms with Crippen LogP contribution in [0.15, 0.2) is 53.4 Å². The van der Waals surface area contributed by atoms with E-state index in [-0.39, 0.29) is 5.54 Å². The Morgan fingerprint density at radius 1 is 1.03 bits per heavy atom. The van der Waals surface area contributed by atoms with Crippen LogP contribution in [0.2, 0.25) is 0 Å². The van der Waals surface area contributed by atoms with Crippen molar-refractivity contribution in [1.29, 1.82) is 0 Å². The van der Waals surface area contributed by atoms with Crippen LogP contribution in [0.4, 0.5) is 0 Å². The molecular formula is C28H39NO3S. The maximum absolute atomic E-state index is 10.9. The molecule has 1 saturated carbocycles. The first-order valence-corrected chi connectivity index (χ1v) is 13.3. The normalized spacial score (nSPS) is 18.8. The second-order valence-corrected chi connectivity index (χ2v) is 10.6. The average Bonchev–Trinajstić information content (AvgIpc) is 2.86. The van der Waals surface area contributed by atoms with E-state index in [1.807, 2.05) is 18.2 Å². The van der Waals surface area contributed by atoms with Crippen molar-refractivity contribution in [3.8, 4) is 0 Å². The van der Waals surface area contributed by atoms with E-state index in [2.05, 4.69) is 49.3 Å².